The van der Waals surface area contributed by atoms with Crippen LogP contribution in [-0.4, -0.2) is 62.8 Å². The lowest BCUT2D eigenvalue weighted by Gasteiger charge is -2.32. The van der Waals surface area contributed by atoms with Crippen molar-refractivity contribution in [3.8, 4) is 23.0 Å². The zero-order valence-corrected chi connectivity index (χ0v) is 19.5. The van der Waals surface area contributed by atoms with Crippen molar-refractivity contribution < 1.29 is 23.7 Å². The van der Waals surface area contributed by atoms with Gasteiger partial charge in [-0.2, -0.15) is 0 Å². The number of methoxy groups -OCH3 is 2. The molecule has 3 heterocycles. The Balaban J connectivity index is 1.27. The molecule has 1 atom stereocenters. The minimum Gasteiger partial charge on any atom is -0.493 e. The minimum absolute atomic E-state index is 0.177. The summed E-state index contributed by atoms with van der Waals surface area (Å²) in [5.41, 5.74) is 3.56. The van der Waals surface area contributed by atoms with Gasteiger partial charge < -0.3 is 23.8 Å². The molecular weight excluding hydrogens is 420 g/mol. The van der Waals surface area contributed by atoms with Gasteiger partial charge >= 0.3 is 0 Å². The Morgan fingerprint density at radius 3 is 2.52 bits per heavy atom. The fourth-order valence-corrected chi connectivity index (χ4v) is 5.15. The van der Waals surface area contributed by atoms with Gasteiger partial charge in [-0.25, -0.2) is 0 Å². The highest BCUT2D eigenvalue weighted by molar-refractivity contribution is 5.79. The van der Waals surface area contributed by atoms with E-state index in [1.807, 2.05) is 23.1 Å². The molecule has 0 bridgehead atoms. The summed E-state index contributed by atoms with van der Waals surface area (Å²) in [4.78, 5) is 17.6. The normalized spacial score (nSPS) is 20.2. The maximum atomic E-state index is 13.3. The Labute approximate surface area is 195 Å². The van der Waals surface area contributed by atoms with Gasteiger partial charge in [-0.1, -0.05) is 6.07 Å². The average Bonchev–Trinajstić information content (AvgIpc) is 3.17. The SMILES string of the molecule is COc1cc2c(cc1OC)CN(C(=O)CN1CCC[C@@H]1c1ccc3c(c1)OCCCO3)CC2. The first-order chi connectivity index (χ1) is 16.2. The topological polar surface area (TPSA) is 60.5 Å². The van der Waals surface area contributed by atoms with E-state index >= 15 is 0 Å². The van der Waals surface area contributed by atoms with E-state index in [-0.39, 0.29) is 11.9 Å². The molecule has 2 aromatic carbocycles. The highest BCUT2D eigenvalue weighted by Crippen LogP contribution is 2.38. The third kappa shape index (κ3) is 4.47. The lowest BCUT2D eigenvalue weighted by Crippen LogP contribution is -2.42. The van der Waals surface area contributed by atoms with Crippen LogP contribution in [0, 0.1) is 0 Å². The van der Waals surface area contributed by atoms with Gasteiger partial charge in [0.2, 0.25) is 5.91 Å². The molecule has 7 nitrogen and oxygen atoms in total. The summed E-state index contributed by atoms with van der Waals surface area (Å²) in [6.07, 6.45) is 3.86. The van der Waals surface area contributed by atoms with Crippen molar-refractivity contribution in [2.45, 2.75) is 38.3 Å². The molecule has 0 spiro atoms. The highest BCUT2D eigenvalue weighted by atomic mass is 16.5. The summed E-state index contributed by atoms with van der Waals surface area (Å²) < 4.78 is 22.6. The van der Waals surface area contributed by atoms with Crippen LogP contribution in [0.5, 0.6) is 23.0 Å². The molecule has 0 saturated carbocycles. The predicted octanol–water partition coefficient (Wildman–Crippen LogP) is 3.59. The fraction of sp³-hybridized carbons (Fsp3) is 0.500. The molecule has 0 unspecified atom stereocenters. The second-order valence-electron chi connectivity index (χ2n) is 8.93. The van der Waals surface area contributed by atoms with Crippen molar-refractivity contribution in [3.63, 3.8) is 0 Å². The lowest BCUT2D eigenvalue weighted by atomic mass is 9.98. The number of hydrogen-bond acceptors (Lipinski definition) is 6. The van der Waals surface area contributed by atoms with E-state index in [1.54, 1.807) is 14.2 Å². The molecule has 1 fully saturated rings. The van der Waals surface area contributed by atoms with E-state index in [0.717, 1.165) is 61.6 Å². The number of nitrogens with zero attached hydrogens (tertiary/aromatic N) is 2. The zero-order chi connectivity index (χ0) is 22.8. The van der Waals surface area contributed by atoms with E-state index in [1.165, 1.54) is 11.1 Å². The maximum Gasteiger partial charge on any atom is 0.237 e. The van der Waals surface area contributed by atoms with Crippen molar-refractivity contribution in [3.05, 3.63) is 47.0 Å². The molecule has 5 rings (SSSR count). The van der Waals surface area contributed by atoms with Crippen LogP contribution < -0.4 is 18.9 Å². The quantitative estimate of drug-likeness (QED) is 0.691. The maximum absolute atomic E-state index is 13.3. The second-order valence-corrected chi connectivity index (χ2v) is 8.93. The van der Waals surface area contributed by atoms with E-state index < -0.39 is 0 Å². The number of carbonyl (C=O) groups is 1. The molecule has 0 aromatic heterocycles. The molecule has 7 heteroatoms. The molecule has 0 radical (unpaired) electrons. The third-order valence-corrected chi connectivity index (χ3v) is 6.93. The average molecular weight is 453 g/mol. The Morgan fingerprint density at radius 1 is 0.970 bits per heavy atom. The lowest BCUT2D eigenvalue weighted by molar-refractivity contribution is -0.133. The van der Waals surface area contributed by atoms with Crippen LogP contribution >= 0.6 is 0 Å². The molecule has 33 heavy (non-hydrogen) atoms. The van der Waals surface area contributed by atoms with Gasteiger partial charge in [0.1, 0.15) is 0 Å². The van der Waals surface area contributed by atoms with Gasteiger partial charge in [0.05, 0.1) is 34.0 Å². The van der Waals surface area contributed by atoms with Crippen LogP contribution in [0.3, 0.4) is 0 Å². The highest BCUT2D eigenvalue weighted by Gasteiger charge is 2.31. The molecule has 3 aliphatic heterocycles. The van der Waals surface area contributed by atoms with Crippen molar-refractivity contribution in [2.75, 3.05) is 47.1 Å². The standard InChI is InChI=1S/C26H32N2O5/c1-30-23-13-18-8-10-28(16-20(18)15-24(23)31-2)26(29)17-27-9-3-5-21(27)19-6-7-22-25(14-19)33-12-4-11-32-22/h6-7,13-15,21H,3-5,8-12,16-17H2,1-2H3/t21-/m1/s1. The summed E-state index contributed by atoms with van der Waals surface area (Å²) in [6, 6.07) is 10.5. The van der Waals surface area contributed by atoms with Crippen LogP contribution in [0.1, 0.15) is 42.0 Å². The van der Waals surface area contributed by atoms with Gasteiger partial charge in [-0.15, -0.1) is 0 Å². The molecule has 0 aliphatic carbocycles. The summed E-state index contributed by atoms with van der Waals surface area (Å²) in [7, 11) is 3.29. The number of rotatable bonds is 5. The van der Waals surface area contributed by atoms with E-state index in [0.29, 0.717) is 32.1 Å². The van der Waals surface area contributed by atoms with Crippen molar-refractivity contribution >= 4 is 5.91 Å². The number of ether oxygens (including phenoxy) is 4. The number of hydrogen-bond donors (Lipinski definition) is 0. The monoisotopic (exact) mass is 452 g/mol. The second kappa shape index (κ2) is 9.51. The summed E-state index contributed by atoms with van der Waals surface area (Å²) in [5.74, 6) is 3.26. The fourth-order valence-electron chi connectivity index (χ4n) is 5.15. The summed E-state index contributed by atoms with van der Waals surface area (Å²) >= 11 is 0. The first-order valence-electron chi connectivity index (χ1n) is 11.8. The molecule has 2 aromatic rings. The summed E-state index contributed by atoms with van der Waals surface area (Å²) in [5, 5.41) is 0. The molecule has 0 N–H and O–H groups in total. The Kier molecular flexibility index (Phi) is 6.31. The Hall–Kier alpha value is -2.93. The number of carbonyl (C=O) groups excluding carboxylic acids is 1. The molecule has 1 amide bonds. The largest absolute Gasteiger partial charge is 0.493 e. The predicted molar refractivity (Wildman–Crippen MR) is 124 cm³/mol. The van der Waals surface area contributed by atoms with Crippen molar-refractivity contribution in [2.24, 2.45) is 0 Å². The number of likely N-dealkylation sites (tertiary alicyclic amines) is 1. The van der Waals surface area contributed by atoms with Crippen LogP contribution in [0.2, 0.25) is 0 Å². The number of benzene rings is 2. The van der Waals surface area contributed by atoms with Gasteiger partial charge in [0, 0.05) is 25.6 Å². The molecular formula is C26H32N2O5. The van der Waals surface area contributed by atoms with Crippen LogP contribution in [0.4, 0.5) is 0 Å². The van der Waals surface area contributed by atoms with Gasteiger partial charge in [0.15, 0.2) is 23.0 Å². The zero-order valence-electron chi connectivity index (χ0n) is 19.5. The smallest absolute Gasteiger partial charge is 0.237 e. The number of amides is 1. The molecule has 1 saturated heterocycles. The van der Waals surface area contributed by atoms with Gasteiger partial charge in [0.25, 0.3) is 0 Å². The van der Waals surface area contributed by atoms with Crippen LogP contribution in [-0.2, 0) is 17.8 Å². The number of fused-ring (bicyclic) bond motifs is 2. The molecule has 3 aliphatic rings. The van der Waals surface area contributed by atoms with Crippen molar-refractivity contribution in [1.82, 2.24) is 9.80 Å². The molecule has 176 valence electrons. The van der Waals surface area contributed by atoms with Crippen LogP contribution in [0.15, 0.2) is 30.3 Å². The minimum atomic E-state index is 0.177. The first-order valence-corrected chi connectivity index (χ1v) is 11.8. The van der Waals surface area contributed by atoms with Gasteiger partial charge in [-0.05, 0) is 66.8 Å². The third-order valence-electron chi connectivity index (χ3n) is 6.93. The Bertz CT molecular complexity index is 1020. The summed E-state index contributed by atoms with van der Waals surface area (Å²) in [6.45, 7) is 4.06. The van der Waals surface area contributed by atoms with E-state index in [2.05, 4.69) is 17.0 Å². The Morgan fingerprint density at radius 2 is 1.73 bits per heavy atom. The first kappa shape index (κ1) is 21.9. The van der Waals surface area contributed by atoms with Crippen LogP contribution in [0.25, 0.3) is 0 Å². The van der Waals surface area contributed by atoms with E-state index in [4.69, 9.17) is 18.9 Å². The van der Waals surface area contributed by atoms with E-state index in [9.17, 15) is 4.79 Å². The van der Waals surface area contributed by atoms with Crippen molar-refractivity contribution in [1.29, 1.82) is 0 Å². The van der Waals surface area contributed by atoms with Gasteiger partial charge in [-0.3, -0.25) is 9.69 Å².